The molecule has 0 saturated carbocycles. The summed E-state index contributed by atoms with van der Waals surface area (Å²) < 4.78 is 41.8. The van der Waals surface area contributed by atoms with Crippen molar-refractivity contribution in [2.45, 2.75) is 13.3 Å². The van der Waals surface area contributed by atoms with Crippen LogP contribution in [0.4, 0.5) is 24.0 Å². The Morgan fingerprint density at radius 2 is 1.88 bits per heavy atom. The highest BCUT2D eigenvalue weighted by atomic mass is 32.1. The van der Waals surface area contributed by atoms with Gasteiger partial charge in [-0.1, -0.05) is 17.4 Å². The maximum Gasteiger partial charge on any atom is 0.573 e. The van der Waals surface area contributed by atoms with E-state index in [4.69, 9.17) is 0 Å². The van der Waals surface area contributed by atoms with E-state index in [1.807, 2.05) is 4.90 Å². The molecule has 1 aliphatic heterocycles. The van der Waals surface area contributed by atoms with Gasteiger partial charge in [0.05, 0.1) is 15.1 Å². The fourth-order valence-electron chi connectivity index (χ4n) is 3.45. The van der Waals surface area contributed by atoms with E-state index in [9.17, 15) is 28.1 Å². The van der Waals surface area contributed by atoms with Crippen molar-refractivity contribution in [3.8, 4) is 5.75 Å². The van der Waals surface area contributed by atoms with Gasteiger partial charge in [-0.2, -0.15) is 0 Å². The lowest BCUT2D eigenvalue weighted by Gasteiger charge is -2.34. The molecule has 2 heterocycles. The van der Waals surface area contributed by atoms with Gasteiger partial charge in [0.2, 0.25) is 0 Å². The zero-order valence-electron chi connectivity index (χ0n) is 16.8. The highest BCUT2D eigenvalue weighted by Gasteiger charge is 2.31. The van der Waals surface area contributed by atoms with Gasteiger partial charge in [0.15, 0.2) is 5.13 Å². The summed E-state index contributed by atoms with van der Waals surface area (Å²) in [5.41, 5.74) is 1.20. The molecule has 8 nitrogen and oxygen atoms in total. The average molecular weight is 466 g/mol. The van der Waals surface area contributed by atoms with Crippen LogP contribution in [0.1, 0.15) is 15.9 Å². The maximum atomic E-state index is 12.8. The fraction of sp³-hybridized carbons (Fsp3) is 0.300. The number of thiazole rings is 1. The van der Waals surface area contributed by atoms with E-state index < -0.39 is 11.3 Å². The molecule has 0 unspecified atom stereocenters. The Balaban J connectivity index is 1.44. The fourth-order valence-corrected chi connectivity index (χ4v) is 4.49. The first-order chi connectivity index (χ1) is 15.1. The molecule has 0 atom stereocenters. The zero-order valence-corrected chi connectivity index (χ0v) is 17.6. The van der Waals surface area contributed by atoms with Crippen molar-refractivity contribution < 1.29 is 27.6 Å². The van der Waals surface area contributed by atoms with Crippen LogP contribution in [0.15, 0.2) is 36.4 Å². The van der Waals surface area contributed by atoms with Gasteiger partial charge in [0.25, 0.3) is 11.6 Å². The van der Waals surface area contributed by atoms with Crippen LogP contribution in [-0.2, 0) is 0 Å². The number of hydrogen-bond donors (Lipinski definition) is 0. The third kappa shape index (κ3) is 4.59. The van der Waals surface area contributed by atoms with Gasteiger partial charge in [-0.05, 0) is 25.1 Å². The monoisotopic (exact) mass is 466 g/mol. The molecular weight excluding hydrogens is 449 g/mol. The Kier molecular flexibility index (Phi) is 5.63. The lowest BCUT2D eigenvalue weighted by Crippen LogP contribution is -2.48. The first-order valence-electron chi connectivity index (χ1n) is 9.56. The van der Waals surface area contributed by atoms with Crippen LogP contribution in [0, 0.1) is 17.0 Å². The van der Waals surface area contributed by atoms with Crippen LogP contribution in [-0.4, -0.2) is 53.3 Å². The Morgan fingerprint density at radius 1 is 1.16 bits per heavy atom. The van der Waals surface area contributed by atoms with Gasteiger partial charge in [-0.3, -0.25) is 14.9 Å². The van der Waals surface area contributed by atoms with E-state index >= 15 is 0 Å². The maximum absolute atomic E-state index is 12.8. The zero-order chi connectivity index (χ0) is 23.0. The van der Waals surface area contributed by atoms with E-state index in [0.717, 1.165) is 0 Å². The van der Waals surface area contributed by atoms with Crippen molar-refractivity contribution in [1.82, 2.24) is 9.88 Å². The minimum absolute atomic E-state index is 0.0992. The standard InChI is InChI=1S/C20H17F3N4O4S/c1-12-2-3-13(10-16(12)27(29)30)18(28)25-6-8-26(9-7-25)19-24-15-5-4-14(11-17(15)32-19)31-20(21,22)23/h2-5,10-11H,6-9H2,1H3. The summed E-state index contributed by atoms with van der Waals surface area (Å²) in [7, 11) is 0. The van der Waals surface area contributed by atoms with Gasteiger partial charge < -0.3 is 14.5 Å². The Morgan fingerprint density at radius 3 is 2.53 bits per heavy atom. The van der Waals surface area contributed by atoms with E-state index in [-0.39, 0.29) is 22.9 Å². The molecule has 2 aromatic carbocycles. The van der Waals surface area contributed by atoms with Crippen LogP contribution in [0.3, 0.4) is 0 Å². The van der Waals surface area contributed by atoms with E-state index in [2.05, 4.69) is 9.72 Å². The number of benzene rings is 2. The number of carbonyl (C=O) groups is 1. The third-order valence-electron chi connectivity index (χ3n) is 5.07. The van der Waals surface area contributed by atoms with Crippen molar-refractivity contribution in [1.29, 1.82) is 0 Å². The second-order valence-corrected chi connectivity index (χ2v) is 8.22. The Labute approximate surface area is 184 Å². The van der Waals surface area contributed by atoms with Crippen LogP contribution in [0.25, 0.3) is 10.2 Å². The van der Waals surface area contributed by atoms with E-state index in [1.54, 1.807) is 24.0 Å². The number of fused-ring (bicyclic) bond motifs is 1. The van der Waals surface area contributed by atoms with E-state index in [0.29, 0.717) is 47.1 Å². The van der Waals surface area contributed by atoms with Gasteiger partial charge >= 0.3 is 6.36 Å². The molecule has 0 bridgehead atoms. The second-order valence-electron chi connectivity index (χ2n) is 7.21. The number of anilines is 1. The number of piperazine rings is 1. The predicted octanol–water partition coefficient (Wildman–Crippen LogP) is 4.37. The van der Waals surface area contributed by atoms with Crippen LogP contribution < -0.4 is 9.64 Å². The lowest BCUT2D eigenvalue weighted by molar-refractivity contribution is -0.385. The molecule has 32 heavy (non-hydrogen) atoms. The Hall–Kier alpha value is -3.41. The molecule has 0 spiro atoms. The number of carbonyl (C=O) groups excluding carboxylic acids is 1. The number of hydrogen-bond acceptors (Lipinski definition) is 7. The quantitative estimate of drug-likeness (QED) is 0.419. The largest absolute Gasteiger partial charge is 0.573 e. The smallest absolute Gasteiger partial charge is 0.406 e. The molecule has 1 amide bonds. The molecule has 3 aromatic rings. The topological polar surface area (TPSA) is 88.8 Å². The number of ether oxygens (including phenoxy) is 1. The highest BCUT2D eigenvalue weighted by molar-refractivity contribution is 7.22. The number of alkyl halides is 3. The van der Waals surface area contributed by atoms with Crippen LogP contribution in [0.5, 0.6) is 5.75 Å². The van der Waals surface area contributed by atoms with Gasteiger partial charge in [0, 0.05) is 49.4 Å². The molecular formula is C20H17F3N4O4S. The molecule has 1 aliphatic rings. The third-order valence-corrected chi connectivity index (χ3v) is 6.15. The van der Waals surface area contributed by atoms with E-state index in [1.165, 1.54) is 35.6 Å². The lowest BCUT2D eigenvalue weighted by atomic mass is 10.1. The summed E-state index contributed by atoms with van der Waals surface area (Å²) in [6.45, 7) is 3.34. The second kappa shape index (κ2) is 8.26. The van der Waals surface area contributed by atoms with Gasteiger partial charge in [0.1, 0.15) is 5.75 Å². The van der Waals surface area contributed by atoms with Gasteiger partial charge in [-0.25, -0.2) is 4.98 Å². The van der Waals surface area contributed by atoms with Crippen LogP contribution >= 0.6 is 11.3 Å². The summed E-state index contributed by atoms with van der Waals surface area (Å²) in [4.78, 5) is 31.5. The van der Waals surface area contributed by atoms with Gasteiger partial charge in [-0.15, -0.1) is 13.2 Å². The average Bonchev–Trinajstić information content (AvgIpc) is 3.15. The number of aromatic nitrogens is 1. The molecule has 1 fully saturated rings. The first-order valence-corrected chi connectivity index (χ1v) is 10.4. The summed E-state index contributed by atoms with van der Waals surface area (Å²) in [6.07, 6.45) is -4.76. The number of rotatable bonds is 4. The summed E-state index contributed by atoms with van der Waals surface area (Å²) in [5.74, 6) is -0.589. The summed E-state index contributed by atoms with van der Waals surface area (Å²) in [5, 5.41) is 11.8. The molecule has 0 radical (unpaired) electrons. The normalized spacial score (nSPS) is 14.6. The summed E-state index contributed by atoms with van der Waals surface area (Å²) >= 11 is 1.25. The molecule has 0 N–H and O–H groups in total. The van der Waals surface area contributed by atoms with Crippen molar-refractivity contribution in [3.05, 3.63) is 57.6 Å². The van der Waals surface area contributed by atoms with Crippen molar-refractivity contribution in [2.24, 2.45) is 0 Å². The summed E-state index contributed by atoms with van der Waals surface area (Å²) in [6, 6.07) is 8.41. The van der Waals surface area contributed by atoms with Crippen molar-refractivity contribution in [3.63, 3.8) is 0 Å². The molecule has 1 saturated heterocycles. The number of nitrogens with zero attached hydrogens (tertiary/aromatic N) is 4. The minimum atomic E-state index is -4.76. The number of nitro benzene ring substituents is 1. The number of halogens is 3. The Bertz CT molecular complexity index is 1190. The number of aryl methyl sites for hydroxylation is 1. The number of amides is 1. The van der Waals surface area contributed by atoms with Crippen molar-refractivity contribution in [2.75, 3.05) is 31.1 Å². The number of nitro groups is 1. The molecule has 4 rings (SSSR count). The molecule has 168 valence electrons. The molecule has 12 heteroatoms. The SMILES string of the molecule is Cc1ccc(C(=O)N2CCN(c3nc4ccc(OC(F)(F)F)cc4s3)CC2)cc1[N+](=O)[O-]. The minimum Gasteiger partial charge on any atom is -0.406 e. The predicted molar refractivity (Wildman–Crippen MR) is 112 cm³/mol. The first kappa shape index (κ1) is 21.8. The molecule has 0 aliphatic carbocycles. The molecule has 1 aromatic heterocycles. The van der Waals surface area contributed by atoms with Crippen molar-refractivity contribution >= 4 is 38.3 Å². The van der Waals surface area contributed by atoms with Crippen LogP contribution in [0.2, 0.25) is 0 Å². The highest BCUT2D eigenvalue weighted by Crippen LogP contribution is 2.33.